The fourth-order valence-electron chi connectivity index (χ4n) is 5.96. The van der Waals surface area contributed by atoms with Gasteiger partial charge in [-0.3, -0.25) is 0 Å². The van der Waals surface area contributed by atoms with Crippen LogP contribution < -0.4 is 0 Å². The van der Waals surface area contributed by atoms with E-state index in [2.05, 4.69) is 201 Å². The molecule has 200 valence electrons. The Labute approximate surface area is 267 Å². The van der Waals surface area contributed by atoms with Crippen LogP contribution in [-0.2, 0) is 35.4 Å². The third-order valence-corrected chi connectivity index (χ3v) is 10.7. The van der Waals surface area contributed by atoms with Crippen LogP contribution in [0.1, 0.15) is 33.4 Å². The van der Waals surface area contributed by atoms with E-state index in [1.54, 1.807) is 0 Å². The fourth-order valence-corrected chi connectivity index (χ4v) is 9.05. The minimum atomic E-state index is -2.02. The topological polar surface area (TPSA) is 0 Å². The van der Waals surface area contributed by atoms with Crippen molar-refractivity contribution < 1.29 is 24.6 Å². The van der Waals surface area contributed by atoms with Crippen molar-refractivity contribution >= 4 is 0 Å². The molecule has 6 aromatic rings. The van der Waals surface area contributed by atoms with E-state index in [1.165, 1.54) is 33.4 Å². The summed E-state index contributed by atoms with van der Waals surface area (Å²) >= 11 is -2.02. The molecule has 1 heteroatoms. The number of benzene rings is 6. The Morgan fingerprint density at radius 1 is 0.279 bits per heavy atom. The molecule has 0 N–H and O–H groups in total. The van der Waals surface area contributed by atoms with Crippen molar-refractivity contribution in [3.63, 3.8) is 0 Å². The van der Waals surface area contributed by atoms with Gasteiger partial charge in [0.1, 0.15) is 0 Å². The van der Waals surface area contributed by atoms with Crippen LogP contribution in [0.15, 0.2) is 182 Å². The van der Waals surface area contributed by atoms with E-state index < -0.39 is 35.4 Å². The van der Waals surface area contributed by atoms with Crippen LogP contribution in [0.25, 0.3) is 0 Å². The molecule has 0 aliphatic carbocycles. The first kappa shape index (κ1) is 28.5. The molecule has 0 bridgehead atoms. The van der Waals surface area contributed by atoms with E-state index in [-0.39, 0.29) is 0 Å². The van der Waals surface area contributed by atoms with E-state index in [0.717, 1.165) is 0 Å². The monoisotopic (exact) mass is 736 g/mol. The molecule has 0 spiro atoms. The van der Waals surface area contributed by atoms with Gasteiger partial charge in [0.15, 0.2) is 0 Å². The Bertz CT molecular complexity index is 1520. The van der Waals surface area contributed by atoms with Gasteiger partial charge >= 0.3 is 269 Å². The van der Waals surface area contributed by atoms with E-state index in [0.29, 0.717) is 0 Å². The molecule has 6 aromatic carbocycles. The maximum absolute atomic E-state index is 3.83. The summed E-state index contributed by atoms with van der Waals surface area (Å²) in [5, 5.41) is 0. The summed E-state index contributed by atoms with van der Waals surface area (Å²) in [5.74, 6) is 7.67. The third kappa shape index (κ3) is 5.86. The number of rotatable bonds is 6. The second kappa shape index (κ2) is 13.6. The fraction of sp³-hybridized carbons (Fsp3) is 0.0476. The molecule has 0 aliphatic rings. The number of hydrogen-bond acceptors (Lipinski definition) is 0. The summed E-state index contributed by atoms with van der Waals surface area (Å²) in [5.41, 5.74) is 5.91. The predicted octanol–water partition coefficient (Wildman–Crippen LogP) is 9.06. The summed E-state index contributed by atoms with van der Waals surface area (Å²) in [7, 11) is 0. The molecule has 0 radical (unpaired) electrons. The Kier molecular flexibility index (Phi) is 8.99. The van der Waals surface area contributed by atoms with Crippen LogP contribution >= 0.6 is 0 Å². The van der Waals surface area contributed by atoms with E-state index in [4.69, 9.17) is 0 Å². The molecule has 0 atom stereocenters. The van der Waals surface area contributed by atoms with Gasteiger partial charge in [0.05, 0.1) is 0 Å². The summed E-state index contributed by atoms with van der Waals surface area (Å²) in [6, 6.07) is 64.1. The second-order valence-corrected chi connectivity index (χ2v) is 14.6. The van der Waals surface area contributed by atoms with Crippen molar-refractivity contribution in [1.82, 2.24) is 0 Å². The first-order valence-electron chi connectivity index (χ1n) is 14.7. The van der Waals surface area contributed by atoms with Crippen LogP contribution in [0, 0.1) is 18.7 Å². The first-order chi connectivity index (χ1) is 21.3. The van der Waals surface area contributed by atoms with Gasteiger partial charge in [-0.1, -0.05) is 0 Å². The molecule has 43 heavy (non-hydrogen) atoms. The van der Waals surface area contributed by atoms with Crippen molar-refractivity contribution in [2.45, 2.75) is 10.8 Å². The van der Waals surface area contributed by atoms with Crippen molar-refractivity contribution in [2.75, 3.05) is 0 Å². The summed E-state index contributed by atoms with van der Waals surface area (Å²) in [6.07, 6.45) is 0. The van der Waals surface area contributed by atoms with Gasteiger partial charge in [0, 0.05) is 0 Å². The molecule has 0 aromatic heterocycles. The maximum atomic E-state index is 3.83. The average molecular weight is 735 g/mol. The van der Waals surface area contributed by atoms with Gasteiger partial charge in [-0.2, -0.15) is 0 Å². The third-order valence-electron chi connectivity index (χ3n) is 7.97. The van der Waals surface area contributed by atoms with Gasteiger partial charge in [-0.05, 0) is 0 Å². The molecule has 6 rings (SSSR count). The number of hydrogen-bond donors (Lipinski definition) is 0. The van der Waals surface area contributed by atoms with Gasteiger partial charge in [-0.15, -0.1) is 0 Å². The molecule has 0 amide bonds. The van der Waals surface area contributed by atoms with Crippen LogP contribution in [0.5, 0.6) is 0 Å². The molecule has 0 fully saturated rings. The molecule has 0 saturated carbocycles. The van der Waals surface area contributed by atoms with Gasteiger partial charge in [0.2, 0.25) is 0 Å². The molecule has 0 nitrogen and oxygen atoms in total. The van der Waals surface area contributed by atoms with Crippen molar-refractivity contribution in [2.24, 2.45) is 0 Å². The normalized spacial score (nSPS) is 10.8. The Hall–Kier alpha value is -4.62. The van der Waals surface area contributed by atoms with Crippen LogP contribution in [0.2, 0.25) is 0 Å². The first-order valence-corrected chi connectivity index (χ1v) is 20.2. The minimum absolute atomic E-state index is 0.569. The van der Waals surface area contributed by atoms with Crippen molar-refractivity contribution in [3.05, 3.63) is 215 Å². The van der Waals surface area contributed by atoms with Crippen molar-refractivity contribution in [1.29, 1.82) is 0 Å². The van der Waals surface area contributed by atoms with Gasteiger partial charge < -0.3 is 0 Å². The quantitative estimate of drug-likeness (QED) is 0.0911. The van der Waals surface area contributed by atoms with Crippen LogP contribution in [0.4, 0.5) is 0 Å². The molecule has 0 saturated heterocycles. The van der Waals surface area contributed by atoms with Crippen molar-refractivity contribution in [3.8, 4) is 18.7 Å². The van der Waals surface area contributed by atoms with Gasteiger partial charge in [0.25, 0.3) is 0 Å². The molecule has 0 aliphatic heterocycles. The molecule has 0 heterocycles. The zero-order chi connectivity index (χ0) is 29.2. The molecular formula is C42H30Hg. The average Bonchev–Trinajstić information content (AvgIpc) is 3.11. The van der Waals surface area contributed by atoms with E-state index in [9.17, 15) is 0 Å². The van der Waals surface area contributed by atoms with E-state index >= 15 is 0 Å². The second-order valence-electron chi connectivity index (χ2n) is 10.5. The Balaban J connectivity index is 1.50. The zero-order valence-electron chi connectivity index (χ0n) is 24.0. The standard InChI is InChI=1S/2C21H15.Hg/c2*1-2-21(18-12-6-3-7-13-18,19-14-8-4-9-15-19)20-16-10-5-11-17-20;/h2*3-17H;. The SMILES string of the molecule is [C](#CC(c1ccccc1)(c1ccccc1)c1ccccc1)[Hg][C]#CC(c1ccccc1)(c1ccccc1)c1ccccc1. The Morgan fingerprint density at radius 2 is 0.465 bits per heavy atom. The summed E-state index contributed by atoms with van der Waals surface area (Å²) in [4.78, 5) is 0. The predicted molar refractivity (Wildman–Crippen MR) is 174 cm³/mol. The van der Waals surface area contributed by atoms with E-state index in [1.807, 2.05) is 0 Å². The Morgan fingerprint density at radius 3 is 0.651 bits per heavy atom. The summed E-state index contributed by atoms with van der Waals surface area (Å²) in [6.45, 7) is 0. The van der Waals surface area contributed by atoms with Gasteiger partial charge in [-0.25, -0.2) is 0 Å². The summed E-state index contributed by atoms with van der Waals surface area (Å²) < 4.78 is 7.49. The molecule has 0 unspecified atom stereocenters. The van der Waals surface area contributed by atoms with Crippen LogP contribution in [-0.4, -0.2) is 0 Å². The molecular weight excluding hydrogens is 705 g/mol. The van der Waals surface area contributed by atoms with Crippen LogP contribution in [0.3, 0.4) is 0 Å². The zero-order valence-corrected chi connectivity index (χ0v) is 29.5.